The Bertz CT molecular complexity index is 786. The number of esters is 1. The molecule has 0 saturated carbocycles. The maximum absolute atomic E-state index is 12.3. The van der Waals surface area contributed by atoms with E-state index in [0.717, 1.165) is 10.4 Å². The summed E-state index contributed by atoms with van der Waals surface area (Å²) in [7, 11) is 0. The summed E-state index contributed by atoms with van der Waals surface area (Å²) in [5.41, 5.74) is 1.58. The third kappa shape index (κ3) is 2.67. The van der Waals surface area contributed by atoms with Crippen molar-refractivity contribution in [1.29, 1.82) is 0 Å². The van der Waals surface area contributed by atoms with Crippen LogP contribution in [0.1, 0.15) is 34.1 Å². The number of aryl methyl sites for hydroxylation is 1. The Hall–Kier alpha value is -2.40. The predicted molar refractivity (Wildman–Crippen MR) is 84.4 cm³/mol. The molecular formula is C17H14O4S. The predicted octanol–water partition coefficient (Wildman–Crippen LogP) is 3.99. The van der Waals surface area contributed by atoms with E-state index in [4.69, 9.17) is 9.47 Å². The van der Waals surface area contributed by atoms with Gasteiger partial charge in [-0.05, 0) is 36.1 Å². The summed E-state index contributed by atoms with van der Waals surface area (Å²) in [6, 6.07) is 6.79. The van der Waals surface area contributed by atoms with E-state index in [0.29, 0.717) is 29.2 Å². The average molecular weight is 314 g/mol. The summed E-state index contributed by atoms with van der Waals surface area (Å²) in [6.07, 6.45) is 2.04. The molecule has 0 amide bonds. The molecule has 1 aliphatic heterocycles. The number of allylic oxidation sites excluding steroid dienone is 1. The van der Waals surface area contributed by atoms with E-state index in [1.54, 1.807) is 42.5 Å². The lowest BCUT2D eigenvalue weighted by Gasteiger charge is -2.03. The summed E-state index contributed by atoms with van der Waals surface area (Å²) < 4.78 is 10.8. The second kappa shape index (κ2) is 5.77. The van der Waals surface area contributed by atoms with Crippen LogP contribution in [0.2, 0.25) is 0 Å². The summed E-state index contributed by atoms with van der Waals surface area (Å²) in [4.78, 5) is 24.6. The molecule has 22 heavy (non-hydrogen) atoms. The lowest BCUT2D eigenvalue weighted by molar-refractivity contribution is -0.134. The van der Waals surface area contributed by atoms with Gasteiger partial charge >= 0.3 is 5.97 Å². The first-order valence-corrected chi connectivity index (χ1v) is 7.79. The van der Waals surface area contributed by atoms with Crippen molar-refractivity contribution < 1.29 is 19.1 Å². The van der Waals surface area contributed by atoms with E-state index in [1.807, 2.05) is 18.4 Å². The second-order valence-corrected chi connectivity index (χ2v) is 5.84. The molecule has 4 nitrogen and oxygen atoms in total. The summed E-state index contributed by atoms with van der Waals surface area (Å²) in [5.74, 6) is 0.615. The van der Waals surface area contributed by atoms with Gasteiger partial charge in [-0.25, -0.2) is 0 Å². The third-order valence-corrected chi connectivity index (χ3v) is 4.29. The number of benzene rings is 1. The molecule has 0 radical (unpaired) electrons. The maximum Gasteiger partial charge on any atom is 0.310 e. The van der Waals surface area contributed by atoms with Crippen LogP contribution in [0.5, 0.6) is 11.5 Å². The number of hydrogen-bond acceptors (Lipinski definition) is 5. The summed E-state index contributed by atoms with van der Waals surface area (Å²) in [6.45, 7) is 3.71. The zero-order valence-corrected chi connectivity index (χ0v) is 13.0. The van der Waals surface area contributed by atoms with Crippen LogP contribution >= 0.6 is 11.3 Å². The van der Waals surface area contributed by atoms with Gasteiger partial charge in [-0.2, -0.15) is 0 Å². The van der Waals surface area contributed by atoms with Gasteiger partial charge in [0, 0.05) is 23.4 Å². The number of Topliss-reactive ketones (excluding diaryl/α,β-unsaturated/α-hetero) is 1. The number of ketones is 1. The Kier molecular flexibility index (Phi) is 3.81. The Morgan fingerprint density at radius 1 is 1.36 bits per heavy atom. The van der Waals surface area contributed by atoms with Gasteiger partial charge in [-0.3, -0.25) is 9.59 Å². The standard InChI is InChI=1S/C17H14O4S/c1-3-16(18)20-11-4-5-12-13(8-11)21-14(17(12)19)9-15-10(2)6-7-22-15/h4-9H,3H2,1-2H3/b14-9+. The van der Waals surface area contributed by atoms with Gasteiger partial charge in [0.15, 0.2) is 5.76 Å². The molecule has 1 aromatic heterocycles. The van der Waals surface area contributed by atoms with Crippen molar-refractivity contribution >= 4 is 29.2 Å². The normalized spacial score (nSPS) is 14.8. The molecule has 0 bridgehead atoms. The first kappa shape index (κ1) is 14.5. The minimum atomic E-state index is -0.325. The van der Waals surface area contributed by atoms with Crippen LogP contribution < -0.4 is 9.47 Å². The Morgan fingerprint density at radius 3 is 2.86 bits per heavy atom. The minimum absolute atomic E-state index is 0.156. The Morgan fingerprint density at radius 2 is 2.18 bits per heavy atom. The molecule has 0 N–H and O–H groups in total. The first-order valence-electron chi connectivity index (χ1n) is 6.91. The molecule has 0 spiro atoms. The van der Waals surface area contributed by atoms with Gasteiger partial charge in [0.05, 0.1) is 5.56 Å². The molecule has 1 aromatic carbocycles. The molecule has 0 unspecified atom stereocenters. The van der Waals surface area contributed by atoms with E-state index in [-0.39, 0.29) is 11.8 Å². The van der Waals surface area contributed by atoms with Crippen LogP contribution in [-0.2, 0) is 4.79 Å². The van der Waals surface area contributed by atoms with Crippen LogP contribution in [0.4, 0.5) is 0 Å². The van der Waals surface area contributed by atoms with E-state index < -0.39 is 0 Å². The first-order chi connectivity index (χ1) is 10.6. The van der Waals surface area contributed by atoms with Crippen molar-refractivity contribution in [3.8, 4) is 11.5 Å². The van der Waals surface area contributed by atoms with Crippen LogP contribution in [0, 0.1) is 6.92 Å². The lowest BCUT2D eigenvalue weighted by Crippen LogP contribution is -2.05. The summed E-state index contributed by atoms with van der Waals surface area (Å²) >= 11 is 1.55. The molecular weight excluding hydrogens is 300 g/mol. The lowest BCUT2D eigenvalue weighted by atomic mass is 10.1. The van der Waals surface area contributed by atoms with Crippen molar-refractivity contribution in [2.24, 2.45) is 0 Å². The highest BCUT2D eigenvalue weighted by Crippen LogP contribution is 2.35. The topological polar surface area (TPSA) is 52.6 Å². The highest BCUT2D eigenvalue weighted by atomic mass is 32.1. The van der Waals surface area contributed by atoms with Crippen LogP contribution in [0.3, 0.4) is 0 Å². The number of rotatable bonds is 3. The van der Waals surface area contributed by atoms with Gasteiger partial charge in [0.25, 0.3) is 0 Å². The molecule has 0 saturated heterocycles. The highest BCUT2D eigenvalue weighted by molar-refractivity contribution is 7.11. The molecule has 2 aromatic rings. The highest BCUT2D eigenvalue weighted by Gasteiger charge is 2.28. The molecule has 0 aliphatic carbocycles. The smallest absolute Gasteiger partial charge is 0.310 e. The Labute approximate surface area is 132 Å². The van der Waals surface area contributed by atoms with Crippen LogP contribution in [0.15, 0.2) is 35.4 Å². The number of fused-ring (bicyclic) bond motifs is 1. The van der Waals surface area contributed by atoms with E-state index in [2.05, 4.69) is 0 Å². The van der Waals surface area contributed by atoms with Crippen LogP contribution in [-0.4, -0.2) is 11.8 Å². The second-order valence-electron chi connectivity index (χ2n) is 4.89. The van der Waals surface area contributed by atoms with Crippen molar-refractivity contribution in [1.82, 2.24) is 0 Å². The number of ether oxygens (including phenoxy) is 2. The third-order valence-electron chi connectivity index (χ3n) is 3.33. The van der Waals surface area contributed by atoms with Gasteiger partial charge < -0.3 is 9.47 Å². The molecule has 0 atom stereocenters. The van der Waals surface area contributed by atoms with Gasteiger partial charge in [0.2, 0.25) is 5.78 Å². The largest absolute Gasteiger partial charge is 0.452 e. The zero-order chi connectivity index (χ0) is 15.7. The number of carbonyl (C=O) groups excluding carboxylic acids is 2. The number of carbonyl (C=O) groups is 2. The zero-order valence-electron chi connectivity index (χ0n) is 12.2. The van der Waals surface area contributed by atoms with Crippen molar-refractivity contribution in [3.63, 3.8) is 0 Å². The fraction of sp³-hybridized carbons (Fsp3) is 0.176. The summed E-state index contributed by atoms with van der Waals surface area (Å²) in [5, 5.41) is 1.97. The maximum atomic E-state index is 12.3. The van der Waals surface area contributed by atoms with Gasteiger partial charge in [-0.1, -0.05) is 6.92 Å². The SMILES string of the molecule is CCC(=O)Oc1ccc2c(c1)O/C(=C/c1sccc1C)C2=O. The monoisotopic (exact) mass is 314 g/mol. The van der Waals surface area contributed by atoms with Gasteiger partial charge in [-0.15, -0.1) is 11.3 Å². The molecule has 112 valence electrons. The Balaban J connectivity index is 1.89. The van der Waals surface area contributed by atoms with Gasteiger partial charge in [0.1, 0.15) is 11.5 Å². The molecule has 5 heteroatoms. The quantitative estimate of drug-likeness (QED) is 0.488. The van der Waals surface area contributed by atoms with Crippen LogP contribution in [0.25, 0.3) is 6.08 Å². The minimum Gasteiger partial charge on any atom is -0.452 e. The van der Waals surface area contributed by atoms with Crippen molar-refractivity contribution in [2.75, 3.05) is 0 Å². The molecule has 2 heterocycles. The number of hydrogen-bond donors (Lipinski definition) is 0. The molecule has 3 rings (SSSR count). The van der Waals surface area contributed by atoms with E-state index in [1.165, 1.54) is 0 Å². The molecule has 0 fully saturated rings. The fourth-order valence-electron chi connectivity index (χ4n) is 2.09. The van der Waals surface area contributed by atoms with Crippen molar-refractivity contribution in [3.05, 3.63) is 51.4 Å². The average Bonchev–Trinajstić information content (AvgIpc) is 3.04. The fourth-order valence-corrected chi connectivity index (χ4v) is 2.93. The van der Waals surface area contributed by atoms with E-state index >= 15 is 0 Å². The van der Waals surface area contributed by atoms with E-state index in [9.17, 15) is 9.59 Å². The number of thiophene rings is 1. The molecule has 1 aliphatic rings. The van der Waals surface area contributed by atoms with Crippen molar-refractivity contribution in [2.45, 2.75) is 20.3 Å².